The molecule has 1 aromatic carbocycles. The molecule has 1 heterocycles. The Balaban J connectivity index is 2.56. The van der Waals surface area contributed by atoms with E-state index < -0.39 is 0 Å². The number of fused-ring (bicyclic) bond motifs is 1. The first kappa shape index (κ1) is 7.31. The van der Waals surface area contributed by atoms with Crippen molar-refractivity contribution in [3.63, 3.8) is 0 Å². The van der Waals surface area contributed by atoms with Crippen LogP contribution in [0.3, 0.4) is 0 Å². The van der Waals surface area contributed by atoms with Gasteiger partial charge in [0.1, 0.15) is 6.67 Å². The highest BCUT2D eigenvalue weighted by Crippen LogP contribution is 1.91. The fourth-order valence-corrected chi connectivity index (χ4v) is 1.19. The van der Waals surface area contributed by atoms with E-state index in [0.29, 0.717) is 6.67 Å². The maximum Gasteiger partial charge on any atom is 0.135 e. The molecule has 0 aromatic heterocycles. The molecule has 3 nitrogen and oxygen atoms in total. The molecule has 0 amide bonds. The van der Waals surface area contributed by atoms with Crippen LogP contribution < -0.4 is 10.6 Å². The molecular weight excluding hydrogens is 152 g/mol. The summed E-state index contributed by atoms with van der Waals surface area (Å²) in [6, 6.07) is 7.99. The van der Waals surface area contributed by atoms with E-state index in [0.717, 1.165) is 10.6 Å². The highest BCUT2D eigenvalue weighted by molar-refractivity contribution is 5.22. The zero-order valence-corrected chi connectivity index (χ0v) is 6.90. The number of para-hydroxylation sites is 1. The van der Waals surface area contributed by atoms with Crippen LogP contribution in [-0.4, -0.2) is 18.8 Å². The van der Waals surface area contributed by atoms with Crippen LogP contribution in [-0.2, 0) is 4.84 Å². The number of nitrogens with zero attached hydrogens (tertiary/aromatic N) is 2. The second-order valence-corrected chi connectivity index (χ2v) is 2.59. The first-order chi connectivity index (χ1) is 5.90. The number of hydrogen-bond donors (Lipinski definition) is 0. The fourth-order valence-electron chi connectivity index (χ4n) is 1.19. The van der Waals surface area contributed by atoms with E-state index in [1.165, 1.54) is 0 Å². The minimum Gasteiger partial charge on any atom is -0.276 e. The Bertz CT molecular complexity index is 386. The second-order valence-electron chi connectivity index (χ2n) is 2.59. The van der Waals surface area contributed by atoms with Crippen LogP contribution in [0, 0.1) is 0 Å². The summed E-state index contributed by atoms with van der Waals surface area (Å²) in [6.45, 7) is 0.577. The van der Waals surface area contributed by atoms with Gasteiger partial charge in [0.05, 0.1) is 12.5 Å². The summed E-state index contributed by atoms with van der Waals surface area (Å²) >= 11 is 0. The van der Waals surface area contributed by atoms with Crippen LogP contribution in [0.5, 0.6) is 0 Å². The van der Waals surface area contributed by atoms with E-state index in [9.17, 15) is 0 Å². The number of benzene rings is 1. The van der Waals surface area contributed by atoms with Crippen LogP contribution in [0.25, 0.3) is 6.20 Å². The number of hydrogen-bond acceptors (Lipinski definition) is 3. The third kappa shape index (κ3) is 1.19. The van der Waals surface area contributed by atoms with Gasteiger partial charge in [-0.05, 0) is 6.07 Å². The SMILES string of the molecule is CON1C=c2ccccc2=NC1. The van der Waals surface area contributed by atoms with Crippen molar-refractivity contribution in [1.29, 1.82) is 0 Å². The molecule has 0 spiro atoms. The normalized spacial score (nSPS) is 14.6. The Morgan fingerprint density at radius 3 is 3.08 bits per heavy atom. The lowest BCUT2D eigenvalue weighted by molar-refractivity contribution is -0.0695. The topological polar surface area (TPSA) is 24.8 Å². The summed E-state index contributed by atoms with van der Waals surface area (Å²) < 4.78 is 0. The first-order valence-corrected chi connectivity index (χ1v) is 3.82. The summed E-state index contributed by atoms with van der Waals surface area (Å²) in [5.41, 5.74) is 0. The van der Waals surface area contributed by atoms with Crippen molar-refractivity contribution in [2.24, 2.45) is 4.99 Å². The summed E-state index contributed by atoms with van der Waals surface area (Å²) in [5.74, 6) is 0. The predicted octanol–water partition coefficient (Wildman–Crippen LogP) is -0.121. The molecule has 0 radical (unpaired) electrons. The van der Waals surface area contributed by atoms with Gasteiger partial charge in [0, 0.05) is 11.4 Å². The Labute approximate surface area is 70.6 Å². The average Bonchev–Trinajstić information content (AvgIpc) is 2.17. The molecule has 2 rings (SSSR count). The fraction of sp³-hybridized carbons (Fsp3) is 0.222. The van der Waals surface area contributed by atoms with Gasteiger partial charge in [-0.15, -0.1) is 0 Å². The Kier molecular flexibility index (Phi) is 1.80. The van der Waals surface area contributed by atoms with Crippen molar-refractivity contribution >= 4 is 6.20 Å². The van der Waals surface area contributed by atoms with Gasteiger partial charge < -0.3 is 0 Å². The smallest absolute Gasteiger partial charge is 0.135 e. The third-order valence-electron chi connectivity index (χ3n) is 1.83. The van der Waals surface area contributed by atoms with Gasteiger partial charge in [-0.1, -0.05) is 18.2 Å². The molecule has 0 unspecified atom stereocenters. The van der Waals surface area contributed by atoms with Crippen LogP contribution in [0.1, 0.15) is 0 Å². The van der Waals surface area contributed by atoms with Crippen LogP contribution in [0.15, 0.2) is 29.3 Å². The molecule has 1 aliphatic heterocycles. The zero-order chi connectivity index (χ0) is 8.39. The quantitative estimate of drug-likeness (QED) is 0.575. The van der Waals surface area contributed by atoms with Crippen molar-refractivity contribution in [3.8, 4) is 0 Å². The Hall–Kier alpha value is -1.35. The molecule has 1 aromatic rings. The van der Waals surface area contributed by atoms with Crippen LogP contribution in [0.4, 0.5) is 0 Å². The molecule has 0 aliphatic carbocycles. The maximum absolute atomic E-state index is 5.03. The minimum atomic E-state index is 0.577. The van der Waals surface area contributed by atoms with E-state index in [-0.39, 0.29) is 0 Å². The van der Waals surface area contributed by atoms with Gasteiger partial charge in [-0.2, -0.15) is 0 Å². The predicted molar refractivity (Wildman–Crippen MR) is 45.4 cm³/mol. The standard InChI is InChI=1S/C9H10N2O/c1-12-11-6-8-4-2-3-5-9(8)10-7-11/h2-6H,7H2,1H3. The third-order valence-corrected chi connectivity index (χ3v) is 1.83. The van der Waals surface area contributed by atoms with Crippen molar-refractivity contribution in [3.05, 3.63) is 34.8 Å². The Morgan fingerprint density at radius 2 is 2.25 bits per heavy atom. The van der Waals surface area contributed by atoms with Gasteiger partial charge in [0.25, 0.3) is 0 Å². The van der Waals surface area contributed by atoms with E-state index in [1.54, 1.807) is 12.2 Å². The molecule has 0 N–H and O–H groups in total. The highest BCUT2D eigenvalue weighted by Gasteiger charge is 1.99. The molecule has 1 aliphatic rings. The lowest BCUT2D eigenvalue weighted by Crippen LogP contribution is -2.35. The second kappa shape index (κ2) is 2.95. The van der Waals surface area contributed by atoms with Crippen molar-refractivity contribution < 1.29 is 4.84 Å². The molecule has 0 bridgehead atoms. The van der Waals surface area contributed by atoms with Gasteiger partial charge in [-0.25, -0.2) is 5.06 Å². The van der Waals surface area contributed by atoms with Crippen molar-refractivity contribution in [1.82, 2.24) is 5.06 Å². The first-order valence-electron chi connectivity index (χ1n) is 3.82. The number of hydroxylamine groups is 2. The van der Waals surface area contributed by atoms with Gasteiger partial charge >= 0.3 is 0 Å². The molecule has 62 valence electrons. The average molecular weight is 162 g/mol. The van der Waals surface area contributed by atoms with Gasteiger partial charge in [-0.3, -0.25) is 9.83 Å². The van der Waals surface area contributed by atoms with E-state index in [1.807, 2.05) is 30.5 Å². The molecule has 12 heavy (non-hydrogen) atoms. The van der Waals surface area contributed by atoms with Crippen LogP contribution >= 0.6 is 0 Å². The van der Waals surface area contributed by atoms with E-state index in [4.69, 9.17) is 4.84 Å². The van der Waals surface area contributed by atoms with Crippen LogP contribution in [0.2, 0.25) is 0 Å². The molecule has 0 fully saturated rings. The van der Waals surface area contributed by atoms with Gasteiger partial charge in [0.2, 0.25) is 0 Å². The summed E-state index contributed by atoms with van der Waals surface area (Å²) in [4.78, 5) is 9.35. The summed E-state index contributed by atoms with van der Waals surface area (Å²) in [6.07, 6.45) is 1.95. The molecule has 0 saturated heterocycles. The van der Waals surface area contributed by atoms with E-state index in [2.05, 4.69) is 4.99 Å². The van der Waals surface area contributed by atoms with Crippen molar-refractivity contribution in [2.45, 2.75) is 0 Å². The maximum atomic E-state index is 5.03. The number of rotatable bonds is 1. The molecule has 0 saturated carbocycles. The highest BCUT2D eigenvalue weighted by atomic mass is 16.7. The minimum absolute atomic E-state index is 0.577. The lowest BCUT2D eigenvalue weighted by atomic mass is 10.3. The van der Waals surface area contributed by atoms with Gasteiger partial charge in [0.15, 0.2) is 0 Å². The molecule has 3 heteroatoms. The van der Waals surface area contributed by atoms with E-state index >= 15 is 0 Å². The largest absolute Gasteiger partial charge is 0.276 e. The Morgan fingerprint density at radius 1 is 1.42 bits per heavy atom. The monoisotopic (exact) mass is 162 g/mol. The zero-order valence-electron chi connectivity index (χ0n) is 6.90. The summed E-state index contributed by atoms with van der Waals surface area (Å²) in [5, 5.41) is 3.83. The molecular formula is C9H10N2O. The lowest BCUT2D eigenvalue weighted by Gasteiger charge is -2.16. The molecule has 0 atom stereocenters. The summed E-state index contributed by atoms with van der Waals surface area (Å²) in [7, 11) is 1.64. The van der Waals surface area contributed by atoms with Crippen molar-refractivity contribution in [2.75, 3.05) is 13.8 Å².